The number of rotatable bonds is 8. The summed E-state index contributed by atoms with van der Waals surface area (Å²) in [6.45, 7) is 1.35. The number of non-ortho nitro benzene ring substituents is 1. The van der Waals surface area contributed by atoms with Crippen molar-refractivity contribution in [2.45, 2.75) is 18.8 Å². The topological polar surface area (TPSA) is 161 Å². The van der Waals surface area contributed by atoms with Crippen molar-refractivity contribution in [3.05, 3.63) is 51.0 Å². The molecule has 2 aliphatic heterocycles. The fourth-order valence-electron chi connectivity index (χ4n) is 3.38. The molecule has 2 aliphatic rings. The van der Waals surface area contributed by atoms with Gasteiger partial charge in [-0.2, -0.15) is 8.42 Å². The molecule has 2 fully saturated rings. The molecule has 0 saturated carbocycles. The molecule has 2 saturated heterocycles. The summed E-state index contributed by atoms with van der Waals surface area (Å²) in [5.41, 5.74) is 0.850. The lowest BCUT2D eigenvalue weighted by atomic mass is 10.1. The average molecular weight is 512 g/mol. The quantitative estimate of drug-likeness (QED) is 0.307. The molecular formula is C19H21N5O8S2. The lowest BCUT2D eigenvalue weighted by Crippen LogP contribution is -2.61. The van der Waals surface area contributed by atoms with Crippen LogP contribution in [-0.2, 0) is 25.6 Å². The minimum atomic E-state index is -3.51. The number of anilines is 1. The van der Waals surface area contributed by atoms with E-state index in [1.54, 1.807) is 10.3 Å². The summed E-state index contributed by atoms with van der Waals surface area (Å²) >= 11 is 1.29. The Morgan fingerprint density at radius 2 is 1.91 bits per heavy atom. The highest BCUT2D eigenvalue weighted by atomic mass is 32.2. The predicted octanol–water partition coefficient (Wildman–Crippen LogP) is 0.967. The van der Waals surface area contributed by atoms with Crippen LogP contribution in [0.15, 0.2) is 29.6 Å². The molecule has 1 aromatic heterocycles. The van der Waals surface area contributed by atoms with Crippen molar-refractivity contribution in [1.29, 1.82) is 0 Å². The summed E-state index contributed by atoms with van der Waals surface area (Å²) in [7, 11) is -3.51. The Kier molecular flexibility index (Phi) is 6.67. The van der Waals surface area contributed by atoms with Gasteiger partial charge in [0.15, 0.2) is 5.13 Å². The van der Waals surface area contributed by atoms with Crippen molar-refractivity contribution in [2.24, 2.45) is 0 Å². The Morgan fingerprint density at radius 1 is 1.24 bits per heavy atom. The average Bonchev–Trinajstić information content (AvgIpc) is 3.20. The summed E-state index contributed by atoms with van der Waals surface area (Å²) in [4.78, 5) is 42.4. The van der Waals surface area contributed by atoms with E-state index in [9.17, 15) is 28.1 Å². The number of thiazole rings is 1. The molecule has 3 heterocycles. The van der Waals surface area contributed by atoms with Gasteiger partial charge in [-0.25, -0.2) is 9.78 Å². The SMILES string of the molecule is CS(=O)(=O)OC1CN(c2nc(C(=O)N3CC(NC(=O)OCc4ccc([N+](=O)[O-])cc4)C3)cs2)C1. The number of carbonyl (C=O) groups excluding carboxylic acids is 2. The second kappa shape index (κ2) is 9.52. The first kappa shape index (κ1) is 23.8. The number of aromatic nitrogens is 1. The molecule has 182 valence electrons. The minimum Gasteiger partial charge on any atom is -0.445 e. The third kappa shape index (κ3) is 5.78. The minimum absolute atomic E-state index is 0.0343. The van der Waals surface area contributed by atoms with Crippen LogP contribution in [-0.4, -0.2) is 79.8 Å². The van der Waals surface area contributed by atoms with Crippen LogP contribution < -0.4 is 10.2 Å². The number of nitro benzene ring substituents is 1. The Balaban J connectivity index is 1.17. The number of likely N-dealkylation sites (tertiary alicyclic amines) is 1. The Hall–Kier alpha value is -3.30. The van der Waals surface area contributed by atoms with Gasteiger partial charge in [0.25, 0.3) is 21.7 Å². The molecule has 0 atom stereocenters. The first-order valence-corrected chi connectivity index (χ1v) is 12.8. The van der Waals surface area contributed by atoms with Gasteiger partial charge in [-0.3, -0.25) is 19.1 Å². The molecule has 13 nitrogen and oxygen atoms in total. The number of nitro groups is 1. The van der Waals surface area contributed by atoms with E-state index < -0.39 is 27.2 Å². The molecule has 0 spiro atoms. The fourth-order valence-corrected chi connectivity index (χ4v) is 4.81. The highest BCUT2D eigenvalue weighted by Crippen LogP contribution is 2.28. The second-order valence-corrected chi connectivity index (χ2v) is 10.3. The van der Waals surface area contributed by atoms with Gasteiger partial charge >= 0.3 is 6.09 Å². The maximum Gasteiger partial charge on any atom is 0.407 e. The van der Waals surface area contributed by atoms with Crippen LogP contribution in [0.3, 0.4) is 0 Å². The third-order valence-corrected chi connectivity index (χ3v) is 6.67. The van der Waals surface area contributed by atoms with Crippen LogP contribution in [0.2, 0.25) is 0 Å². The molecule has 2 amide bonds. The highest BCUT2D eigenvalue weighted by Gasteiger charge is 2.36. The summed E-state index contributed by atoms with van der Waals surface area (Å²) in [5.74, 6) is -0.260. The van der Waals surface area contributed by atoms with Crippen LogP contribution in [0.4, 0.5) is 15.6 Å². The zero-order valence-corrected chi connectivity index (χ0v) is 19.6. The van der Waals surface area contributed by atoms with E-state index in [1.165, 1.54) is 35.6 Å². The van der Waals surface area contributed by atoms with Crippen molar-refractivity contribution in [1.82, 2.24) is 15.2 Å². The molecular weight excluding hydrogens is 490 g/mol. The van der Waals surface area contributed by atoms with Crippen LogP contribution in [0.25, 0.3) is 0 Å². The predicted molar refractivity (Wildman–Crippen MR) is 120 cm³/mol. The van der Waals surface area contributed by atoms with E-state index in [1.807, 2.05) is 4.90 Å². The maximum atomic E-state index is 12.6. The van der Waals surface area contributed by atoms with Crippen LogP contribution in [0.1, 0.15) is 16.1 Å². The molecule has 4 rings (SSSR count). The second-order valence-electron chi connectivity index (χ2n) is 7.89. The van der Waals surface area contributed by atoms with Gasteiger partial charge in [0.1, 0.15) is 18.4 Å². The van der Waals surface area contributed by atoms with Crippen molar-refractivity contribution in [2.75, 3.05) is 37.3 Å². The van der Waals surface area contributed by atoms with Crippen LogP contribution in [0.5, 0.6) is 0 Å². The van der Waals surface area contributed by atoms with E-state index in [0.29, 0.717) is 36.9 Å². The zero-order chi connectivity index (χ0) is 24.5. The fraction of sp³-hybridized carbons (Fsp3) is 0.421. The van der Waals surface area contributed by atoms with Crippen molar-refractivity contribution >= 4 is 44.3 Å². The van der Waals surface area contributed by atoms with Crippen molar-refractivity contribution in [3.63, 3.8) is 0 Å². The number of amides is 2. The Labute approximate surface area is 198 Å². The van der Waals surface area contributed by atoms with Gasteiger partial charge < -0.3 is 19.9 Å². The lowest BCUT2D eigenvalue weighted by molar-refractivity contribution is -0.384. The van der Waals surface area contributed by atoms with Crippen LogP contribution >= 0.6 is 11.3 Å². The van der Waals surface area contributed by atoms with Gasteiger partial charge in [-0.15, -0.1) is 11.3 Å². The van der Waals surface area contributed by atoms with Gasteiger partial charge in [0.05, 0.1) is 17.2 Å². The summed E-state index contributed by atoms with van der Waals surface area (Å²) < 4.78 is 32.3. The van der Waals surface area contributed by atoms with E-state index >= 15 is 0 Å². The summed E-state index contributed by atoms with van der Waals surface area (Å²) in [6.07, 6.45) is -0.0561. The van der Waals surface area contributed by atoms with Crippen LogP contribution in [0, 0.1) is 10.1 Å². The molecule has 0 radical (unpaired) electrons. The maximum absolute atomic E-state index is 12.6. The highest BCUT2D eigenvalue weighted by molar-refractivity contribution is 7.86. The molecule has 0 aliphatic carbocycles. The third-order valence-electron chi connectivity index (χ3n) is 5.15. The molecule has 15 heteroatoms. The monoisotopic (exact) mass is 511 g/mol. The molecule has 1 aromatic carbocycles. The van der Waals surface area contributed by atoms with Gasteiger partial charge in [-0.05, 0) is 17.7 Å². The first-order valence-electron chi connectivity index (χ1n) is 10.1. The van der Waals surface area contributed by atoms with Gasteiger partial charge in [-0.1, -0.05) is 0 Å². The number of hydrogen-bond donors (Lipinski definition) is 1. The number of hydrogen-bond acceptors (Lipinski definition) is 11. The number of ether oxygens (including phenoxy) is 1. The zero-order valence-electron chi connectivity index (χ0n) is 17.9. The van der Waals surface area contributed by atoms with E-state index in [2.05, 4.69) is 10.3 Å². The van der Waals surface area contributed by atoms with Crippen molar-refractivity contribution < 1.29 is 31.9 Å². The van der Waals surface area contributed by atoms with Gasteiger partial charge in [0, 0.05) is 43.7 Å². The normalized spacial score (nSPS) is 16.5. The Bertz CT molecular complexity index is 1190. The number of carbonyl (C=O) groups is 2. The largest absolute Gasteiger partial charge is 0.445 e. The molecule has 34 heavy (non-hydrogen) atoms. The number of alkyl carbamates (subject to hydrolysis) is 1. The van der Waals surface area contributed by atoms with Gasteiger partial charge in [0.2, 0.25) is 0 Å². The summed E-state index contributed by atoms with van der Waals surface area (Å²) in [5, 5.41) is 15.6. The lowest BCUT2D eigenvalue weighted by Gasteiger charge is -2.39. The molecule has 2 aromatic rings. The number of nitrogens with zero attached hydrogens (tertiary/aromatic N) is 4. The van der Waals surface area contributed by atoms with E-state index in [4.69, 9.17) is 8.92 Å². The molecule has 1 N–H and O–H groups in total. The standard InChI is InChI=1S/C19H21N5O8S2/c1-34(29,30)32-15-8-23(9-15)18-21-16(11-33-18)17(25)22-6-13(7-22)20-19(26)31-10-12-2-4-14(5-3-12)24(27)28/h2-5,11,13,15H,6-10H2,1H3,(H,20,26). The molecule has 0 bridgehead atoms. The molecule has 0 unspecified atom stereocenters. The number of nitrogens with one attached hydrogen (secondary N) is 1. The number of benzene rings is 1. The first-order chi connectivity index (χ1) is 16.1. The Morgan fingerprint density at radius 3 is 2.53 bits per heavy atom. The summed E-state index contributed by atoms with van der Waals surface area (Å²) in [6, 6.07) is 5.43. The van der Waals surface area contributed by atoms with Crippen molar-refractivity contribution in [3.8, 4) is 0 Å². The van der Waals surface area contributed by atoms with E-state index in [0.717, 1.165) is 6.26 Å². The smallest absolute Gasteiger partial charge is 0.407 e. The van der Waals surface area contributed by atoms with E-state index in [-0.39, 0.29) is 29.9 Å².